The van der Waals surface area contributed by atoms with Gasteiger partial charge in [0.2, 0.25) is 5.91 Å². The molecule has 25 heavy (non-hydrogen) atoms. The van der Waals surface area contributed by atoms with E-state index in [-0.39, 0.29) is 29.9 Å². The predicted octanol–water partition coefficient (Wildman–Crippen LogP) is 1.85. The summed E-state index contributed by atoms with van der Waals surface area (Å²) in [6.07, 6.45) is 8.71. The Morgan fingerprint density at radius 3 is 2.80 bits per heavy atom. The molecule has 2 heterocycles. The summed E-state index contributed by atoms with van der Waals surface area (Å²) in [6.45, 7) is 5.35. The van der Waals surface area contributed by atoms with Gasteiger partial charge in [0.05, 0.1) is 0 Å². The minimum atomic E-state index is 0. The molecule has 1 amide bonds. The highest BCUT2D eigenvalue weighted by atomic mass is 127. The second-order valence-electron chi connectivity index (χ2n) is 6.23. The molecule has 7 nitrogen and oxygen atoms in total. The molecular weight excluding hydrogens is 431 g/mol. The van der Waals surface area contributed by atoms with Gasteiger partial charge >= 0.3 is 0 Å². The first kappa shape index (κ1) is 21.7. The number of likely N-dealkylation sites (tertiary alicyclic amines) is 1. The van der Waals surface area contributed by atoms with Crippen LogP contribution in [0.15, 0.2) is 23.5 Å². The Labute approximate surface area is 167 Å². The van der Waals surface area contributed by atoms with Crippen LogP contribution in [0.4, 0.5) is 0 Å². The lowest BCUT2D eigenvalue weighted by Gasteiger charge is -2.33. The topological polar surface area (TPSA) is 74.5 Å². The largest absolute Gasteiger partial charge is 0.356 e. The molecule has 2 N–H and O–H groups in total. The van der Waals surface area contributed by atoms with Crippen LogP contribution in [0.25, 0.3) is 0 Å². The number of amides is 1. The molecular formula is C17H31IN6O. The summed E-state index contributed by atoms with van der Waals surface area (Å²) < 4.78 is 1.91. The van der Waals surface area contributed by atoms with Gasteiger partial charge in [-0.05, 0) is 38.7 Å². The molecule has 142 valence electrons. The van der Waals surface area contributed by atoms with Crippen molar-refractivity contribution in [3.63, 3.8) is 0 Å². The van der Waals surface area contributed by atoms with Gasteiger partial charge in [0.25, 0.3) is 0 Å². The monoisotopic (exact) mass is 462 g/mol. The Bertz CT molecular complexity index is 519. The molecule has 0 bridgehead atoms. The number of carbonyl (C=O) groups excluding carboxylic acids is 1. The third kappa shape index (κ3) is 7.62. The molecule has 1 aliphatic heterocycles. The van der Waals surface area contributed by atoms with E-state index in [0.29, 0.717) is 19.0 Å². The van der Waals surface area contributed by atoms with E-state index in [9.17, 15) is 4.79 Å². The summed E-state index contributed by atoms with van der Waals surface area (Å²) in [7, 11) is 1.75. The zero-order valence-electron chi connectivity index (χ0n) is 15.3. The van der Waals surface area contributed by atoms with Gasteiger partial charge in [-0.25, -0.2) is 0 Å². The van der Waals surface area contributed by atoms with Crippen molar-refractivity contribution in [3.8, 4) is 0 Å². The number of nitrogens with one attached hydrogen (secondary N) is 2. The zero-order chi connectivity index (χ0) is 17.2. The fourth-order valence-corrected chi connectivity index (χ4v) is 3.00. The minimum absolute atomic E-state index is 0. The molecule has 1 unspecified atom stereocenters. The van der Waals surface area contributed by atoms with Gasteiger partial charge in [-0.15, -0.1) is 24.0 Å². The van der Waals surface area contributed by atoms with Gasteiger partial charge < -0.3 is 15.5 Å². The summed E-state index contributed by atoms with van der Waals surface area (Å²) in [4.78, 5) is 18.5. The van der Waals surface area contributed by atoms with Gasteiger partial charge in [0.15, 0.2) is 5.96 Å². The number of guanidine groups is 1. The SMILES string of the molecule is CN=C(NCCCn1cccn1)NCCC(=O)N1CCCCC1C.I. The van der Waals surface area contributed by atoms with E-state index in [1.165, 1.54) is 6.42 Å². The summed E-state index contributed by atoms with van der Waals surface area (Å²) in [5.41, 5.74) is 0. The van der Waals surface area contributed by atoms with Crippen LogP contribution < -0.4 is 10.6 Å². The van der Waals surface area contributed by atoms with Crippen LogP contribution in [0.5, 0.6) is 0 Å². The first-order chi connectivity index (χ1) is 11.7. The van der Waals surface area contributed by atoms with Crippen LogP contribution in [-0.4, -0.2) is 59.3 Å². The lowest BCUT2D eigenvalue weighted by molar-refractivity contribution is -0.134. The van der Waals surface area contributed by atoms with Crippen molar-refractivity contribution in [3.05, 3.63) is 18.5 Å². The highest BCUT2D eigenvalue weighted by molar-refractivity contribution is 14.0. The minimum Gasteiger partial charge on any atom is -0.356 e. The first-order valence-corrected chi connectivity index (χ1v) is 8.92. The molecule has 1 fully saturated rings. The van der Waals surface area contributed by atoms with Crippen LogP contribution in [0.2, 0.25) is 0 Å². The standard InChI is InChI=1S/C17H30N6O.HI/c1-15-7-3-4-14-23(15)16(24)8-11-20-17(18-2)19-9-5-12-22-13-6-10-21-22;/h6,10,13,15H,3-5,7-9,11-12,14H2,1-2H3,(H2,18,19,20);1H. The number of halogens is 1. The number of hydrogen-bond acceptors (Lipinski definition) is 3. The smallest absolute Gasteiger partial charge is 0.224 e. The van der Waals surface area contributed by atoms with Gasteiger partial charge in [0, 0.05) is 58.1 Å². The van der Waals surface area contributed by atoms with E-state index < -0.39 is 0 Å². The molecule has 0 radical (unpaired) electrons. The van der Waals surface area contributed by atoms with Crippen LogP contribution in [0.1, 0.15) is 39.0 Å². The van der Waals surface area contributed by atoms with E-state index >= 15 is 0 Å². The van der Waals surface area contributed by atoms with Crippen molar-refractivity contribution in [2.75, 3.05) is 26.7 Å². The van der Waals surface area contributed by atoms with Crippen molar-refractivity contribution in [1.29, 1.82) is 0 Å². The Hall–Kier alpha value is -1.32. The second kappa shape index (κ2) is 12.1. The molecule has 1 saturated heterocycles. The van der Waals surface area contributed by atoms with E-state index in [1.54, 1.807) is 13.2 Å². The lowest BCUT2D eigenvalue weighted by atomic mass is 10.0. The normalized spacial score (nSPS) is 17.8. The fraction of sp³-hybridized carbons (Fsp3) is 0.706. The molecule has 2 rings (SSSR count). The molecule has 0 saturated carbocycles. The molecule has 1 aliphatic rings. The maximum atomic E-state index is 12.3. The summed E-state index contributed by atoms with van der Waals surface area (Å²) in [5.74, 6) is 0.985. The average molecular weight is 462 g/mol. The van der Waals surface area contributed by atoms with Gasteiger partial charge in [-0.1, -0.05) is 0 Å². The van der Waals surface area contributed by atoms with E-state index in [4.69, 9.17) is 0 Å². The van der Waals surface area contributed by atoms with Crippen LogP contribution >= 0.6 is 24.0 Å². The fourth-order valence-electron chi connectivity index (χ4n) is 3.00. The molecule has 0 spiro atoms. The van der Waals surface area contributed by atoms with Crippen LogP contribution in [-0.2, 0) is 11.3 Å². The zero-order valence-corrected chi connectivity index (χ0v) is 17.6. The number of nitrogens with zero attached hydrogens (tertiary/aromatic N) is 4. The van der Waals surface area contributed by atoms with Gasteiger partial charge in [-0.2, -0.15) is 5.10 Å². The number of aromatic nitrogens is 2. The van der Waals surface area contributed by atoms with Crippen molar-refractivity contribution in [1.82, 2.24) is 25.3 Å². The van der Waals surface area contributed by atoms with E-state index in [2.05, 4.69) is 27.6 Å². The third-order valence-electron chi connectivity index (χ3n) is 4.39. The Balaban J connectivity index is 0.00000312. The molecule has 0 aromatic carbocycles. The molecule has 1 aromatic rings. The Morgan fingerprint density at radius 2 is 2.12 bits per heavy atom. The number of hydrogen-bond donors (Lipinski definition) is 2. The van der Waals surface area contributed by atoms with Gasteiger partial charge in [-0.3, -0.25) is 14.5 Å². The molecule has 1 atom stereocenters. The van der Waals surface area contributed by atoms with Crippen LogP contribution in [0, 0.1) is 0 Å². The summed E-state index contributed by atoms with van der Waals surface area (Å²) in [6, 6.07) is 2.31. The second-order valence-corrected chi connectivity index (χ2v) is 6.23. The summed E-state index contributed by atoms with van der Waals surface area (Å²) >= 11 is 0. The van der Waals surface area contributed by atoms with Crippen LogP contribution in [0.3, 0.4) is 0 Å². The highest BCUT2D eigenvalue weighted by Gasteiger charge is 2.22. The lowest BCUT2D eigenvalue weighted by Crippen LogP contribution is -2.44. The number of aryl methyl sites for hydroxylation is 1. The average Bonchev–Trinajstić information content (AvgIpc) is 3.10. The van der Waals surface area contributed by atoms with Crippen molar-refractivity contribution >= 4 is 35.8 Å². The number of carbonyl (C=O) groups is 1. The number of aliphatic imine (C=N–C) groups is 1. The van der Waals surface area contributed by atoms with Crippen molar-refractivity contribution in [2.45, 2.75) is 51.6 Å². The van der Waals surface area contributed by atoms with Crippen molar-refractivity contribution in [2.24, 2.45) is 4.99 Å². The maximum absolute atomic E-state index is 12.3. The Kier molecular flexibility index (Phi) is 10.5. The molecule has 0 aliphatic carbocycles. The Morgan fingerprint density at radius 1 is 1.32 bits per heavy atom. The highest BCUT2D eigenvalue weighted by Crippen LogP contribution is 2.16. The predicted molar refractivity (Wildman–Crippen MR) is 111 cm³/mol. The quantitative estimate of drug-likeness (QED) is 0.281. The van der Waals surface area contributed by atoms with E-state index in [0.717, 1.165) is 44.9 Å². The summed E-state index contributed by atoms with van der Waals surface area (Å²) in [5, 5.41) is 10.7. The molecule has 1 aromatic heterocycles. The number of rotatable bonds is 7. The van der Waals surface area contributed by atoms with Gasteiger partial charge in [0.1, 0.15) is 0 Å². The molecule has 8 heteroatoms. The van der Waals surface area contributed by atoms with Crippen molar-refractivity contribution < 1.29 is 4.79 Å². The first-order valence-electron chi connectivity index (χ1n) is 8.92. The third-order valence-corrected chi connectivity index (χ3v) is 4.39. The number of piperidine rings is 1. The van der Waals surface area contributed by atoms with E-state index in [1.807, 2.05) is 21.8 Å². The maximum Gasteiger partial charge on any atom is 0.224 e.